The zero-order chi connectivity index (χ0) is 14.6. The van der Waals surface area contributed by atoms with Crippen LogP contribution in [0.2, 0.25) is 0 Å². The van der Waals surface area contributed by atoms with Crippen molar-refractivity contribution in [2.24, 2.45) is 5.92 Å². The Bertz CT molecular complexity index is 420. The Morgan fingerprint density at radius 2 is 1.90 bits per heavy atom. The maximum Gasteiger partial charge on any atom is 0.232 e. The van der Waals surface area contributed by atoms with Gasteiger partial charge in [0.1, 0.15) is 6.10 Å². The van der Waals surface area contributed by atoms with E-state index >= 15 is 0 Å². The summed E-state index contributed by atoms with van der Waals surface area (Å²) in [6.07, 6.45) is 8.60. The molecule has 0 saturated heterocycles. The first-order valence-electron chi connectivity index (χ1n) is 7.65. The molecule has 1 heterocycles. The number of aromatic nitrogens is 2. The Hall–Kier alpha value is -1.16. The molecule has 0 bridgehead atoms. The Kier molecular flexibility index (Phi) is 4.97. The first-order valence-corrected chi connectivity index (χ1v) is 7.65. The molecular weight excluding hydrogens is 250 g/mol. The van der Waals surface area contributed by atoms with Crippen molar-refractivity contribution < 1.29 is 4.74 Å². The third-order valence-corrected chi connectivity index (χ3v) is 3.71. The van der Waals surface area contributed by atoms with Crippen molar-refractivity contribution in [3.05, 3.63) is 18.1 Å². The van der Waals surface area contributed by atoms with Gasteiger partial charge in [-0.3, -0.25) is 4.98 Å². The lowest BCUT2D eigenvalue weighted by Gasteiger charge is -2.26. The second-order valence-corrected chi connectivity index (χ2v) is 6.95. The number of hydrogen-bond donors (Lipinski definition) is 1. The summed E-state index contributed by atoms with van der Waals surface area (Å²) in [5.41, 5.74) is 1.01. The summed E-state index contributed by atoms with van der Waals surface area (Å²) < 4.78 is 5.97. The molecule has 1 N–H and O–H groups in total. The number of ether oxygens (including phenoxy) is 1. The molecule has 2 rings (SSSR count). The number of nitrogens with zero attached hydrogens (tertiary/aromatic N) is 2. The zero-order valence-electron chi connectivity index (χ0n) is 13.1. The van der Waals surface area contributed by atoms with E-state index in [2.05, 4.69) is 43.0 Å². The van der Waals surface area contributed by atoms with E-state index < -0.39 is 0 Å². The monoisotopic (exact) mass is 277 g/mol. The molecule has 1 aromatic heterocycles. The van der Waals surface area contributed by atoms with Gasteiger partial charge < -0.3 is 10.1 Å². The van der Waals surface area contributed by atoms with Crippen molar-refractivity contribution in [1.82, 2.24) is 15.3 Å². The predicted molar refractivity (Wildman–Crippen MR) is 80.7 cm³/mol. The molecule has 1 fully saturated rings. The third-order valence-electron chi connectivity index (χ3n) is 3.71. The highest BCUT2D eigenvalue weighted by Gasteiger charge is 2.20. The van der Waals surface area contributed by atoms with Crippen molar-refractivity contribution in [2.45, 2.75) is 71.6 Å². The number of nitrogens with one attached hydrogen (secondary N) is 1. The van der Waals surface area contributed by atoms with Crippen LogP contribution >= 0.6 is 0 Å². The van der Waals surface area contributed by atoms with E-state index in [4.69, 9.17) is 4.74 Å². The molecule has 0 radical (unpaired) electrons. The predicted octanol–water partition coefficient (Wildman–Crippen LogP) is 3.32. The second-order valence-electron chi connectivity index (χ2n) is 6.95. The summed E-state index contributed by atoms with van der Waals surface area (Å²) in [4.78, 5) is 8.78. The molecule has 0 unspecified atom stereocenters. The summed E-state index contributed by atoms with van der Waals surface area (Å²) >= 11 is 0. The summed E-state index contributed by atoms with van der Waals surface area (Å²) in [7, 11) is 0. The van der Waals surface area contributed by atoms with Gasteiger partial charge in [0, 0.05) is 18.3 Å². The van der Waals surface area contributed by atoms with Crippen LogP contribution in [0.4, 0.5) is 0 Å². The van der Waals surface area contributed by atoms with Crippen LogP contribution in [0, 0.1) is 5.92 Å². The first-order chi connectivity index (χ1) is 9.42. The van der Waals surface area contributed by atoms with Gasteiger partial charge in [0.2, 0.25) is 5.88 Å². The topological polar surface area (TPSA) is 47.0 Å². The van der Waals surface area contributed by atoms with Crippen LogP contribution in [0.5, 0.6) is 5.88 Å². The van der Waals surface area contributed by atoms with Gasteiger partial charge in [-0.05, 0) is 52.4 Å². The van der Waals surface area contributed by atoms with Crippen LogP contribution < -0.4 is 10.1 Å². The number of hydrogen-bond acceptors (Lipinski definition) is 4. The van der Waals surface area contributed by atoms with Gasteiger partial charge in [0.15, 0.2) is 0 Å². The maximum absolute atomic E-state index is 5.97. The van der Waals surface area contributed by atoms with E-state index in [1.165, 1.54) is 12.8 Å². The van der Waals surface area contributed by atoms with Crippen LogP contribution in [0.3, 0.4) is 0 Å². The lowest BCUT2D eigenvalue weighted by atomic mass is 9.89. The fourth-order valence-corrected chi connectivity index (χ4v) is 2.40. The molecule has 112 valence electrons. The minimum Gasteiger partial charge on any atom is -0.473 e. The molecule has 4 heteroatoms. The molecule has 20 heavy (non-hydrogen) atoms. The van der Waals surface area contributed by atoms with Crippen molar-refractivity contribution in [2.75, 3.05) is 0 Å². The SMILES string of the molecule is CC1CCC(Oc2cncc(CNC(C)(C)C)n2)CC1. The summed E-state index contributed by atoms with van der Waals surface area (Å²) in [5, 5.41) is 3.42. The Morgan fingerprint density at radius 3 is 2.55 bits per heavy atom. The zero-order valence-corrected chi connectivity index (χ0v) is 13.1. The van der Waals surface area contributed by atoms with E-state index in [1.54, 1.807) is 12.4 Å². The molecule has 0 atom stereocenters. The van der Waals surface area contributed by atoms with Crippen LogP contribution in [-0.2, 0) is 6.54 Å². The lowest BCUT2D eigenvalue weighted by molar-refractivity contribution is 0.129. The van der Waals surface area contributed by atoms with E-state index in [-0.39, 0.29) is 5.54 Å². The molecule has 0 aliphatic heterocycles. The quantitative estimate of drug-likeness (QED) is 0.917. The number of rotatable bonds is 4. The second kappa shape index (κ2) is 6.53. The van der Waals surface area contributed by atoms with Gasteiger partial charge in [-0.1, -0.05) is 6.92 Å². The summed E-state index contributed by atoms with van der Waals surface area (Å²) in [5.74, 6) is 1.50. The van der Waals surface area contributed by atoms with Crippen LogP contribution in [0.15, 0.2) is 12.4 Å². The smallest absolute Gasteiger partial charge is 0.232 e. The maximum atomic E-state index is 5.97. The van der Waals surface area contributed by atoms with E-state index in [1.807, 2.05) is 0 Å². The van der Waals surface area contributed by atoms with Crippen LogP contribution in [0.25, 0.3) is 0 Å². The first kappa shape index (κ1) is 15.2. The van der Waals surface area contributed by atoms with Crippen molar-refractivity contribution in [3.8, 4) is 5.88 Å². The lowest BCUT2D eigenvalue weighted by Crippen LogP contribution is -2.35. The van der Waals surface area contributed by atoms with Gasteiger partial charge in [0.05, 0.1) is 11.9 Å². The summed E-state index contributed by atoms with van der Waals surface area (Å²) in [6, 6.07) is 0. The fraction of sp³-hybridized carbons (Fsp3) is 0.750. The molecule has 4 nitrogen and oxygen atoms in total. The van der Waals surface area contributed by atoms with Gasteiger partial charge in [-0.15, -0.1) is 0 Å². The Balaban J connectivity index is 1.89. The molecular formula is C16H27N3O. The standard InChI is InChI=1S/C16H27N3O/c1-12-5-7-14(8-6-12)20-15-11-17-9-13(19-15)10-18-16(2,3)4/h9,11-12,14,18H,5-8,10H2,1-4H3. The van der Waals surface area contributed by atoms with Gasteiger partial charge in [-0.25, -0.2) is 4.98 Å². The molecule has 1 aromatic rings. The van der Waals surface area contributed by atoms with Crippen molar-refractivity contribution in [1.29, 1.82) is 0 Å². The highest BCUT2D eigenvalue weighted by molar-refractivity contribution is 5.09. The molecule has 0 amide bonds. The Labute approximate surface area is 122 Å². The largest absolute Gasteiger partial charge is 0.473 e. The highest BCUT2D eigenvalue weighted by Crippen LogP contribution is 2.26. The van der Waals surface area contributed by atoms with Gasteiger partial charge >= 0.3 is 0 Å². The fourth-order valence-electron chi connectivity index (χ4n) is 2.40. The van der Waals surface area contributed by atoms with Crippen molar-refractivity contribution in [3.63, 3.8) is 0 Å². The van der Waals surface area contributed by atoms with E-state index in [0.29, 0.717) is 12.0 Å². The Morgan fingerprint density at radius 1 is 1.20 bits per heavy atom. The minimum atomic E-state index is 0.0814. The normalized spacial score (nSPS) is 23.6. The molecule has 0 aromatic carbocycles. The average Bonchev–Trinajstić information content (AvgIpc) is 2.39. The van der Waals surface area contributed by atoms with E-state index in [9.17, 15) is 0 Å². The van der Waals surface area contributed by atoms with Crippen LogP contribution in [0.1, 0.15) is 59.1 Å². The summed E-state index contributed by atoms with van der Waals surface area (Å²) in [6.45, 7) is 9.46. The minimum absolute atomic E-state index is 0.0814. The molecule has 0 spiro atoms. The molecule has 1 aliphatic rings. The third kappa shape index (κ3) is 5.08. The van der Waals surface area contributed by atoms with Crippen LogP contribution in [-0.4, -0.2) is 21.6 Å². The highest BCUT2D eigenvalue weighted by atomic mass is 16.5. The van der Waals surface area contributed by atoms with Gasteiger partial charge in [0.25, 0.3) is 0 Å². The van der Waals surface area contributed by atoms with Gasteiger partial charge in [-0.2, -0.15) is 0 Å². The molecule has 1 saturated carbocycles. The molecule has 1 aliphatic carbocycles. The average molecular weight is 277 g/mol. The van der Waals surface area contributed by atoms with E-state index in [0.717, 1.165) is 31.0 Å². The van der Waals surface area contributed by atoms with Crippen molar-refractivity contribution >= 4 is 0 Å².